The molecule has 0 fully saturated rings. The number of carboxylic acid groups (broad SMARTS) is 1. The Labute approximate surface area is 91.6 Å². The van der Waals surface area contributed by atoms with Gasteiger partial charge in [0.1, 0.15) is 13.2 Å². The molecule has 1 unspecified atom stereocenters. The average molecular weight is 226 g/mol. The summed E-state index contributed by atoms with van der Waals surface area (Å²) in [6, 6.07) is 2.62. The molecule has 0 bridgehead atoms. The van der Waals surface area contributed by atoms with Gasteiger partial charge in [0.25, 0.3) is 0 Å². The van der Waals surface area contributed by atoms with E-state index in [9.17, 15) is 9.18 Å². The van der Waals surface area contributed by atoms with Crippen molar-refractivity contribution < 1.29 is 23.8 Å². The Kier molecular flexibility index (Phi) is 2.68. The predicted octanol–water partition coefficient (Wildman–Crippen LogP) is 1.79. The molecule has 0 saturated carbocycles. The van der Waals surface area contributed by atoms with Crippen molar-refractivity contribution in [3.05, 3.63) is 23.5 Å². The molecule has 86 valence electrons. The average Bonchev–Trinajstić information content (AvgIpc) is 2.29. The summed E-state index contributed by atoms with van der Waals surface area (Å²) >= 11 is 0. The Morgan fingerprint density at radius 2 is 2.00 bits per heavy atom. The minimum Gasteiger partial charge on any atom is -0.486 e. The first-order valence-corrected chi connectivity index (χ1v) is 4.92. The van der Waals surface area contributed by atoms with Gasteiger partial charge in [0.05, 0.1) is 5.92 Å². The van der Waals surface area contributed by atoms with Gasteiger partial charge in [0.2, 0.25) is 0 Å². The highest BCUT2D eigenvalue weighted by Crippen LogP contribution is 2.39. The highest BCUT2D eigenvalue weighted by molar-refractivity contribution is 5.77. The summed E-state index contributed by atoms with van der Waals surface area (Å²) in [7, 11) is 0. The normalized spacial score (nSPS) is 15.6. The number of rotatable bonds is 2. The molecule has 0 aromatic heterocycles. The van der Waals surface area contributed by atoms with Gasteiger partial charge in [0, 0.05) is 5.56 Å². The molecule has 5 heteroatoms. The number of benzene rings is 1. The van der Waals surface area contributed by atoms with Crippen molar-refractivity contribution in [3.8, 4) is 11.5 Å². The Balaban J connectivity index is 2.50. The van der Waals surface area contributed by atoms with Crippen LogP contribution in [0.5, 0.6) is 11.5 Å². The van der Waals surface area contributed by atoms with Gasteiger partial charge < -0.3 is 14.6 Å². The number of carboxylic acids is 1. The number of aliphatic carboxylic acids is 1. The minimum absolute atomic E-state index is 0.0110. The molecule has 1 aromatic rings. The Morgan fingerprint density at radius 3 is 2.62 bits per heavy atom. The third-order valence-corrected chi connectivity index (χ3v) is 2.51. The lowest BCUT2D eigenvalue weighted by molar-refractivity contribution is -0.138. The van der Waals surface area contributed by atoms with E-state index in [1.54, 1.807) is 0 Å². The first-order valence-electron chi connectivity index (χ1n) is 4.92. The van der Waals surface area contributed by atoms with Crippen LogP contribution < -0.4 is 9.47 Å². The van der Waals surface area contributed by atoms with Crippen molar-refractivity contribution in [1.29, 1.82) is 0 Å². The first-order chi connectivity index (χ1) is 7.61. The number of hydrogen-bond donors (Lipinski definition) is 1. The van der Waals surface area contributed by atoms with Crippen LogP contribution in [0.3, 0.4) is 0 Å². The molecule has 0 aliphatic carbocycles. The lowest BCUT2D eigenvalue weighted by Gasteiger charge is -2.22. The fourth-order valence-electron chi connectivity index (χ4n) is 1.60. The summed E-state index contributed by atoms with van der Waals surface area (Å²) < 4.78 is 23.8. The van der Waals surface area contributed by atoms with Gasteiger partial charge >= 0.3 is 5.97 Å². The molecule has 16 heavy (non-hydrogen) atoms. The Hall–Kier alpha value is -1.78. The van der Waals surface area contributed by atoms with Crippen LogP contribution >= 0.6 is 0 Å². The zero-order valence-electron chi connectivity index (χ0n) is 8.70. The summed E-state index contributed by atoms with van der Waals surface area (Å²) in [6.07, 6.45) is 0. The van der Waals surface area contributed by atoms with Gasteiger partial charge in [-0.1, -0.05) is 6.07 Å². The molecular weight excluding hydrogens is 215 g/mol. The van der Waals surface area contributed by atoms with Crippen molar-refractivity contribution in [2.45, 2.75) is 12.8 Å². The second-order valence-corrected chi connectivity index (χ2v) is 3.55. The summed E-state index contributed by atoms with van der Waals surface area (Å²) in [6.45, 7) is 2.10. The molecule has 1 aromatic carbocycles. The number of ether oxygens (including phenoxy) is 2. The van der Waals surface area contributed by atoms with Crippen molar-refractivity contribution in [2.24, 2.45) is 0 Å². The highest BCUT2D eigenvalue weighted by Gasteiger charge is 2.26. The summed E-state index contributed by atoms with van der Waals surface area (Å²) in [5.74, 6) is -2.05. The van der Waals surface area contributed by atoms with Crippen LogP contribution in [0.1, 0.15) is 18.4 Å². The molecule has 1 heterocycles. The number of carbonyl (C=O) groups is 1. The summed E-state index contributed by atoms with van der Waals surface area (Å²) in [5, 5.41) is 8.92. The molecule has 0 amide bonds. The van der Waals surface area contributed by atoms with Crippen molar-refractivity contribution in [2.75, 3.05) is 13.2 Å². The number of halogens is 1. The van der Waals surface area contributed by atoms with E-state index >= 15 is 0 Å². The van der Waals surface area contributed by atoms with Gasteiger partial charge in [-0.3, -0.25) is 4.79 Å². The second kappa shape index (κ2) is 4.00. The topological polar surface area (TPSA) is 55.8 Å². The van der Waals surface area contributed by atoms with Crippen LogP contribution in [0.15, 0.2) is 12.1 Å². The van der Waals surface area contributed by atoms with E-state index in [1.807, 2.05) is 0 Å². The van der Waals surface area contributed by atoms with Gasteiger partial charge in [-0.15, -0.1) is 0 Å². The maximum Gasteiger partial charge on any atom is 0.310 e. The Bertz CT molecular complexity index is 430. The quantitative estimate of drug-likeness (QED) is 0.835. The van der Waals surface area contributed by atoms with E-state index in [1.165, 1.54) is 19.1 Å². The van der Waals surface area contributed by atoms with Gasteiger partial charge in [-0.2, -0.15) is 0 Å². The first kappa shape index (κ1) is 10.7. The van der Waals surface area contributed by atoms with Crippen LogP contribution in [0, 0.1) is 5.82 Å². The smallest absolute Gasteiger partial charge is 0.310 e. The monoisotopic (exact) mass is 226 g/mol. The summed E-state index contributed by atoms with van der Waals surface area (Å²) in [4.78, 5) is 10.9. The Morgan fingerprint density at radius 1 is 1.38 bits per heavy atom. The third-order valence-electron chi connectivity index (χ3n) is 2.51. The van der Waals surface area contributed by atoms with E-state index in [0.717, 1.165) is 0 Å². The predicted molar refractivity (Wildman–Crippen MR) is 53.4 cm³/mol. The minimum atomic E-state index is -0.983. The maximum atomic E-state index is 13.4. The molecule has 1 aliphatic heterocycles. The number of fused-ring (bicyclic) bond motifs is 1. The number of hydrogen-bond acceptors (Lipinski definition) is 3. The highest BCUT2D eigenvalue weighted by atomic mass is 19.1. The van der Waals surface area contributed by atoms with E-state index in [2.05, 4.69) is 0 Å². The molecule has 0 spiro atoms. The fourth-order valence-corrected chi connectivity index (χ4v) is 1.60. The van der Waals surface area contributed by atoms with Crippen molar-refractivity contribution in [1.82, 2.24) is 0 Å². The summed E-state index contributed by atoms with van der Waals surface area (Å²) in [5.41, 5.74) is 0.434. The SMILES string of the molecule is CC(C(=O)O)c1ccc(F)c2c1OCCO2. The molecule has 2 rings (SSSR count). The van der Waals surface area contributed by atoms with Crippen LogP contribution in [0.25, 0.3) is 0 Å². The standard InChI is InChI=1S/C11H11FO4/c1-6(11(13)14)7-2-3-8(12)10-9(7)15-4-5-16-10/h2-3,6H,4-5H2,1H3,(H,13,14). The largest absolute Gasteiger partial charge is 0.486 e. The molecular formula is C11H11FO4. The van der Waals surface area contributed by atoms with E-state index in [0.29, 0.717) is 12.2 Å². The van der Waals surface area contributed by atoms with Crippen LogP contribution in [0.2, 0.25) is 0 Å². The van der Waals surface area contributed by atoms with E-state index in [-0.39, 0.29) is 18.1 Å². The molecule has 0 saturated heterocycles. The van der Waals surface area contributed by atoms with Crippen molar-refractivity contribution >= 4 is 5.97 Å². The molecule has 1 N–H and O–H groups in total. The zero-order chi connectivity index (χ0) is 11.7. The molecule has 0 radical (unpaired) electrons. The van der Waals surface area contributed by atoms with Gasteiger partial charge in [0.15, 0.2) is 17.3 Å². The molecule has 1 aliphatic rings. The van der Waals surface area contributed by atoms with Crippen LogP contribution in [-0.2, 0) is 4.79 Å². The third kappa shape index (κ3) is 1.68. The van der Waals surface area contributed by atoms with Crippen molar-refractivity contribution in [3.63, 3.8) is 0 Å². The van der Waals surface area contributed by atoms with Crippen LogP contribution in [0.4, 0.5) is 4.39 Å². The lowest BCUT2D eigenvalue weighted by Crippen LogP contribution is -2.19. The molecule has 1 atom stereocenters. The van der Waals surface area contributed by atoms with Gasteiger partial charge in [-0.25, -0.2) is 4.39 Å². The lowest BCUT2D eigenvalue weighted by atomic mass is 9.99. The van der Waals surface area contributed by atoms with Crippen LogP contribution in [-0.4, -0.2) is 24.3 Å². The van der Waals surface area contributed by atoms with E-state index < -0.39 is 17.7 Å². The van der Waals surface area contributed by atoms with Gasteiger partial charge in [-0.05, 0) is 13.0 Å². The molecule has 4 nitrogen and oxygen atoms in total. The fraction of sp³-hybridized carbons (Fsp3) is 0.364. The zero-order valence-corrected chi connectivity index (χ0v) is 8.70. The second-order valence-electron chi connectivity index (χ2n) is 3.55. The van der Waals surface area contributed by atoms with E-state index in [4.69, 9.17) is 14.6 Å². The maximum absolute atomic E-state index is 13.4.